The largest absolute Gasteiger partial charge is 0.427 e. The molecular formula is C14H18O5S. The maximum absolute atomic E-state index is 11.5. The van der Waals surface area contributed by atoms with Gasteiger partial charge in [0.15, 0.2) is 0 Å². The highest BCUT2D eigenvalue weighted by Gasteiger charge is 2.10. The van der Waals surface area contributed by atoms with E-state index in [4.69, 9.17) is 9.29 Å². The zero-order valence-corrected chi connectivity index (χ0v) is 12.1. The lowest BCUT2D eigenvalue weighted by Crippen LogP contribution is -2.07. The lowest BCUT2D eigenvalue weighted by molar-refractivity contribution is -0.134. The molecule has 1 N–H and O–H groups in total. The van der Waals surface area contributed by atoms with Gasteiger partial charge in [-0.05, 0) is 37.1 Å². The molecule has 0 bridgehead atoms. The fraction of sp³-hybridized carbons (Fsp3) is 0.357. The number of ether oxygens (including phenoxy) is 1. The highest BCUT2D eigenvalue weighted by Crippen LogP contribution is 2.16. The predicted molar refractivity (Wildman–Crippen MR) is 75.2 cm³/mol. The quantitative estimate of drug-likeness (QED) is 0.362. The van der Waals surface area contributed by atoms with Gasteiger partial charge in [0.05, 0.1) is 4.90 Å². The summed E-state index contributed by atoms with van der Waals surface area (Å²) in [6.45, 7) is 2.08. The lowest BCUT2D eigenvalue weighted by atomic mass is 10.2. The van der Waals surface area contributed by atoms with Crippen molar-refractivity contribution in [1.82, 2.24) is 0 Å². The molecule has 6 heteroatoms. The van der Waals surface area contributed by atoms with Crippen LogP contribution in [0.25, 0.3) is 0 Å². The molecule has 0 unspecified atom stereocenters. The highest BCUT2D eigenvalue weighted by atomic mass is 32.2. The van der Waals surface area contributed by atoms with Crippen LogP contribution in [-0.4, -0.2) is 18.9 Å². The SMILES string of the molecule is CCCC=CCCC(=O)Oc1ccc(S(=O)(=O)O)cc1. The minimum absolute atomic E-state index is 0.236. The maximum Gasteiger partial charge on any atom is 0.311 e. The number of allylic oxidation sites excluding steroid dienone is 2. The van der Waals surface area contributed by atoms with E-state index < -0.39 is 10.1 Å². The van der Waals surface area contributed by atoms with Gasteiger partial charge in [-0.2, -0.15) is 8.42 Å². The summed E-state index contributed by atoms with van der Waals surface area (Å²) in [5.74, 6) is -0.134. The van der Waals surface area contributed by atoms with Crippen LogP contribution < -0.4 is 4.74 Å². The molecule has 0 saturated heterocycles. The van der Waals surface area contributed by atoms with Crippen LogP contribution >= 0.6 is 0 Å². The van der Waals surface area contributed by atoms with Crippen LogP contribution in [0.2, 0.25) is 0 Å². The van der Waals surface area contributed by atoms with Crippen molar-refractivity contribution in [3.8, 4) is 5.75 Å². The van der Waals surface area contributed by atoms with Crippen LogP contribution in [0, 0.1) is 0 Å². The van der Waals surface area contributed by atoms with Gasteiger partial charge in [0.25, 0.3) is 10.1 Å². The van der Waals surface area contributed by atoms with Crippen molar-refractivity contribution < 1.29 is 22.5 Å². The Kier molecular flexibility index (Phi) is 6.41. The molecular weight excluding hydrogens is 280 g/mol. The first kappa shape index (κ1) is 16.4. The molecule has 1 aromatic rings. The van der Waals surface area contributed by atoms with Crippen molar-refractivity contribution in [1.29, 1.82) is 0 Å². The van der Waals surface area contributed by atoms with E-state index in [9.17, 15) is 13.2 Å². The minimum Gasteiger partial charge on any atom is -0.427 e. The first-order valence-corrected chi connectivity index (χ1v) is 7.80. The molecule has 0 aromatic heterocycles. The first-order chi connectivity index (χ1) is 9.43. The minimum atomic E-state index is -4.22. The number of hydrogen-bond donors (Lipinski definition) is 1. The molecule has 0 fully saturated rings. The van der Waals surface area contributed by atoms with Crippen LogP contribution in [0.1, 0.15) is 32.6 Å². The number of benzene rings is 1. The van der Waals surface area contributed by atoms with Gasteiger partial charge in [0, 0.05) is 6.42 Å². The number of unbranched alkanes of at least 4 members (excludes halogenated alkanes) is 1. The number of esters is 1. The summed E-state index contributed by atoms with van der Waals surface area (Å²) in [7, 11) is -4.22. The number of hydrogen-bond acceptors (Lipinski definition) is 4. The summed E-state index contributed by atoms with van der Waals surface area (Å²) in [6.07, 6.45) is 6.90. The van der Waals surface area contributed by atoms with Crippen molar-refractivity contribution in [3.05, 3.63) is 36.4 Å². The third-order valence-electron chi connectivity index (χ3n) is 2.49. The Labute approximate surface area is 119 Å². The highest BCUT2D eigenvalue weighted by molar-refractivity contribution is 7.85. The Balaban J connectivity index is 2.46. The van der Waals surface area contributed by atoms with Gasteiger partial charge in [-0.25, -0.2) is 0 Å². The van der Waals surface area contributed by atoms with Gasteiger partial charge in [0.2, 0.25) is 0 Å². The third kappa shape index (κ3) is 5.99. The first-order valence-electron chi connectivity index (χ1n) is 6.36. The summed E-state index contributed by atoms with van der Waals surface area (Å²) in [5, 5.41) is 0. The van der Waals surface area contributed by atoms with Gasteiger partial charge < -0.3 is 4.74 Å². The van der Waals surface area contributed by atoms with E-state index >= 15 is 0 Å². The monoisotopic (exact) mass is 298 g/mol. The lowest BCUT2D eigenvalue weighted by Gasteiger charge is -2.03. The standard InChI is InChI=1S/C14H18O5S/c1-2-3-4-5-6-7-14(15)19-12-8-10-13(11-9-12)20(16,17)18/h4-5,8-11H,2-3,6-7H2,1H3,(H,16,17,18). The summed E-state index contributed by atoms with van der Waals surface area (Å²) in [5.41, 5.74) is 0. The van der Waals surface area contributed by atoms with E-state index in [0.717, 1.165) is 12.8 Å². The second-order valence-corrected chi connectivity index (χ2v) is 5.64. The summed E-state index contributed by atoms with van der Waals surface area (Å²) >= 11 is 0. The van der Waals surface area contributed by atoms with E-state index in [1.165, 1.54) is 24.3 Å². The molecule has 0 atom stereocenters. The fourth-order valence-corrected chi connectivity index (χ4v) is 1.95. The Morgan fingerprint density at radius 2 is 1.80 bits per heavy atom. The molecule has 0 heterocycles. The van der Waals surface area contributed by atoms with Gasteiger partial charge in [-0.1, -0.05) is 25.5 Å². The smallest absolute Gasteiger partial charge is 0.311 e. The van der Waals surface area contributed by atoms with Gasteiger partial charge in [-0.3, -0.25) is 9.35 Å². The van der Waals surface area contributed by atoms with Crippen LogP contribution in [0.5, 0.6) is 5.75 Å². The van der Waals surface area contributed by atoms with E-state index in [-0.39, 0.29) is 23.0 Å². The number of carbonyl (C=O) groups is 1. The van der Waals surface area contributed by atoms with Gasteiger partial charge in [-0.15, -0.1) is 0 Å². The molecule has 0 aliphatic rings. The molecule has 0 spiro atoms. The molecule has 0 saturated carbocycles. The van der Waals surface area contributed by atoms with Crippen LogP contribution in [0.15, 0.2) is 41.3 Å². The number of carbonyl (C=O) groups excluding carboxylic acids is 1. The van der Waals surface area contributed by atoms with E-state index in [1.807, 2.05) is 12.2 Å². The fourth-order valence-electron chi connectivity index (χ4n) is 1.47. The average Bonchev–Trinajstić information content (AvgIpc) is 2.38. The van der Waals surface area contributed by atoms with Crippen molar-refractivity contribution in [2.24, 2.45) is 0 Å². The molecule has 5 nitrogen and oxygen atoms in total. The Hall–Kier alpha value is -1.66. The predicted octanol–water partition coefficient (Wildman–Crippen LogP) is 2.98. The summed E-state index contributed by atoms with van der Waals surface area (Å²) in [4.78, 5) is 11.3. The van der Waals surface area contributed by atoms with E-state index in [0.29, 0.717) is 6.42 Å². The van der Waals surface area contributed by atoms with E-state index in [1.54, 1.807) is 0 Å². The summed E-state index contributed by atoms with van der Waals surface area (Å²) in [6, 6.07) is 5.01. The second kappa shape index (κ2) is 7.81. The molecule has 110 valence electrons. The average molecular weight is 298 g/mol. The molecule has 0 amide bonds. The Morgan fingerprint density at radius 3 is 2.35 bits per heavy atom. The van der Waals surface area contributed by atoms with Gasteiger partial charge >= 0.3 is 5.97 Å². The van der Waals surface area contributed by atoms with Crippen LogP contribution in [0.4, 0.5) is 0 Å². The third-order valence-corrected chi connectivity index (χ3v) is 3.36. The van der Waals surface area contributed by atoms with Crippen molar-refractivity contribution in [3.63, 3.8) is 0 Å². The van der Waals surface area contributed by atoms with Crippen LogP contribution in [-0.2, 0) is 14.9 Å². The van der Waals surface area contributed by atoms with Crippen LogP contribution in [0.3, 0.4) is 0 Å². The molecule has 20 heavy (non-hydrogen) atoms. The topological polar surface area (TPSA) is 80.7 Å². The Morgan fingerprint density at radius 1 is 1.20 bits per heavy atom. The van der Waals surface area contributed by atoms with Crippen molar-refractivity contribution in [2.75, 3.05) is 0 Å². The van der Waals surface area contributed by atoms with E-state index in [2.05, 4.69) is 6.92 Å². The second-order valence-electron chi connectivity index (χ2n) is 4.22. The summed E-state index contributed by atoms with van der Waals surface area (Å²) < 4.78 is 35.5. The normalized spacial score (nSPS) is 11.7. The maximum atomic E-state index is 11.5. The molecule has 0 aliphatic carbocycles. The zero-order valence-electron chi connectivity index (χ0n) is 11.3. The van der Waals surface area contributed by atoms with Crippen molar-refractivity contribution in [2.45, 2.75) is 37.5 Å². The molecule has 0 aliphatic heterocycles. The molecule has 0 radical (unpaired) electrons. The number of rotatable bonds is 7. The van der Waals surface area contributed by atoms with Crippen molar-refractivity contribution >= 4 is 16.1 Å². The Bertz CT molecular complexity index is 558. The molecule has 1 aromatic carbocycles. The zero-order chi connectivity index (χ0) is 15.0. The van der Waals surface area contributed by atoms with Gasteiger partial charge in [0.1, 0.15) is 5.75 Å². The molecule has 1 rings (SSSR count).